The quantitative estimate of drug-likeness (QED) is 0.809. The van der Waals surface area contributed by atoms with Crippen molar-refractivity contribution in [3.63, 3.8) is 0 Å². The maximum atomic E-state index is 12.6. The fourth-order valence-electron chi connectivity index (χ4n) is 2.04. The average molecular weight is 401 g/mol. The Labute approximate surface area is 147 Å². The topological polar surface area (TPSA) is 56.8 Å². The highest BCUT2D eigenvalue weighted by Crippen LogP contribution is 2.44. The summed E-state index contributed by atoms with van der Waals surface area (Å²) < 4.78 is 16.3. The molecule has 0 unspecified atom stereocenters. The number of rotatable bonds is 5. The normalized spacial score (nSPS) is 10.1. The van der Waals surface area contributed by atoms with Crippen molar-refractivity contribution in [2.75, 3.05) is 26.6 Å². The molecule has 0 atom stereocenters. The molecular formula is C16H15BrClNO4. The van der Waals surface area contributed by atoms with Crippen LogP contribution in [0.1, 0.15) is 10.4 Å². The number of hydrogen-bond acceptors (Lipinski definition) is 4. The minimum atomic E-state index is -0.357. The summed E-state index contributed by atoms with van der Waals surface area (Å²) in [5.41, 5.74) is 0.847. The van der Waals surface area contributed by atoms with Gasteiger partial charge in [-0.25, -0.2) is 0 Å². The Morgan fingerprint density at radius 1 is 1.09 bits per heavy atom. The first kappa shape index (κ1) is 17.4. The maximum absolute atomic E-state index is 12.6. The van der Waals surface area contributed by atoms with Crippen molar-refractivity contribution in [2.24, 2.45) is 0 Å². The first-order valence-electron chi connectivity index (χ1n) is 6.57. The predicted octanol–water partition coefficient (Wildman–Crippen LogP) is 4.38. The van der Waals surface area contributed by atoms with Crippen molar-refractivity contribution in [1.29, 1.82) is 0 Å². The lowest BCUT2D eigenvalue weighted by Gasteiger charge is -2.16. The van der Waals surface area contributed by atoms with Crippen LogP contribution >= 0.6 is 27.5 Å². The molecule has 2 rings (SSSR count). The molecule has 7 heteroatoms. The summed E-state index contributed by atoms with van der Waals surface area (Å²) in [5, 5.41) is 3.20. The molecule has 0 aliphatic heterocycles. The highest BCUT2D eigenvalue weighted by Gasteiger charge is 2.23. The van der Waals surface area contributed by atoms with Crippen LogP contribution in [0.15, 0.2) is 34.8 Å². The van der Waals surface area contributed by atoms with Crippen molar-refractivity contribution < 1.29 is 19.0 Å². The second-order valence-corrected chi connectivity index (χ2v) is 5.64. The minimum absolute atomic E-state index is 0.333. The van der Waals surface area contributed by atoms with Gasteiger partial charge in [0.1, 0.15) is 0 Å². The first-order valence-corrected chi connectivity index (χ1v) is 7.74. The molecule has 1 amide bonds. The second kappa shape index (κ2) is 7.57. The van der Waals surface area contributed by atoms with Crippen LogP contribution in [-0.4, -0.2) is 27.2 Å². The molecule has 0 aliphatic rings. The van der Waals surface area contributed by atoms with Gasteiger partial charge in [-0.3, -0.25) is 4.79 Å². The zero-order valence-corrected chi connectivity index (χ0v) is 15.1. The van der Waals surface area contributed by atoms with Gasteiger partial charge in [0.15, 0.2) is 11.5 Å². The van der Waals surface area contributed by atoms with Crippen LogP contribution in [0.3, 0.4) is 0 Å². The zero-order valence-electron chi connectivity index (χ0n) is 12.8. The van der Waals surface area contributed by atoms with E-state index in [4.69, 9.17) is 25.8 Å². The summed E-state index contributed by atoms with van der Waals surface area (Å²) in [6, 6.07) is 8.55. The highest BCUT2D eigenvalue weighted by atomic mass is 79.9. The number of nitrogens with one attached hydrogen (secondary N) is 1. The molecule has 23 heavy (non-hydrogen) atoms. The van der Waals surface area contributed by atoms with Crippen LogP contribution in [0.5, 0.6) is 17.2 Å². The molecule has 0 fully saturated rings. The van der Waals surface area contributed by atoms with Crippen LogP contribution in [-0.2, 0) is 0 Å². The van der Waals surface area contributed by atoms with Crippen LogP contribution in [0, 0.1) is 0 Å². The van der Waals surface area contributed by atoms with Crippen LogP contribution in [0.25, 0.3) is 0 Å². The van der Waals surface area contributed by atoms with Crippen molar-refractivity contribution in [3.8, 4) is 17.2 Å². The molecule has 0 saturated heterocycles. The van der Waals surface area contributed by atoms with Gasteiger partial charge in [0.2, 0.25) is 5.75 Å². The number of amides is 1. The van der Waals surface area contributed by atoms with E-state index in [0.717, 1.165) is 0 Å². The van der Waals surface area contributed by atoms with E-state index in [1.165, 1.54) is 21.3 Å². The Kier molecular flexibility index (Phi) is 5.74. The van der Waals surface area contributed by atoms with Gasteiger partial charge < -0.3 is 19.5 Å². The Morgan fingerprint density at radius 2 is 1.74 bits per heavy atom. The van der Waals surface area contributed by atoms with Crippen LogP contribution in [0.4, 0.5) is 5.69 Å². The molecule has 0 radical (unpaired) electrons. The monoisotopic (exact) mass is 399 g/mol. The largest absolute Gasteiger partial charge is 0.493 e. The molecule has 0 bridgehead atoms. The van der Waals surface area contributed by atoms with E-state index >= 15 is 0 Å². The van der Waals surface area contributed by atoms with Crippen molar-refractivity contribution in [3.05, 3.63) is 45.4 Å². The molecule has 0 aromatic heterocycles. The van der Waals surface area contributed by atoms with Gasteiger partial charge in [-0.2, -0.15) is 0 Å². The van der Waals surface area contributed by atoms with E-state index in [0.29, 0.717) is 38.0 Å². The summed E-state index contributed by atoms with van der Waals surface area (Å²) in [7, 11) is 4.47. The van der Waals surface area contributed by atoms with Crippen molar-refractivity contribution in [1.82, 2.24) is 0 Å². The lowest BCUT2D eigenvalue weighted by molar-refractivity contribution is 0.102. The summed E-state index contributed by atoms with van der Waals surface area (Å²) >= 11 is 9.44. The highest BCUT2D eigenvalue weighted by molar-refractivity contribution is 9.10. The Hall–Kier alpha value is -1.92. The third-order valence-corrected chi connectivity index (χ3v) is 4.25. The second-order valence-electron chi connectivity index (χ2n) is 4.44. The van der Waals surface area contributed by atoms with Gasteiger partial charge >= 0.3 is 0 Å². The molecule has 0 aliphatic carbocycles. The first-order chi connectivity index (χ1) is 11.0. The van der Waals surface area contributed by atoms with Crippen LogP contribution in [0.2, 0.25) is 5.02 Å². The number of carbonyl (C=O) groups excluding carboxylic acids is 1. The van der Waals surface area contributed by atoms with Gasteiger partial charge in [0.25, 0.3) is 5.91 Å². The van der Waals surface area contributed by atoms with Crippen LogP contribution < -0.4 is 19.5 Å². The molecule has 0 saturated carbocycles. The smallest absolute Gasteiger partial charge is 0.257 e. The molecule has 122 valence electrons. The summed E-state index contributed by atoms with van der Waals surface area (Å²) in [6.07, 6.45) is 0. The van der Waals surface area contributed by atoms with Crippen molar-refractivity contribution >= 4 is 39.1 Å². The van der Waals surface area contributed by atoms with E-state index < -0.39 is 0 Å². The van der Waals surface area contributed by atoms with Gasteiger partial charge in [-0.1, -0.05) is 23.7 Å². The summed E-state index contributed by atoms with van der Waals surface area (Å²) in [5.74, 6) is 0.799. The predicted molar refractivity (Wildman–Crippen MR) is 93.2 cm³/mol. The minimum Gasteiger partial charge on any atom is -0.493 e. The van der Waals surface area contributed by atoms with Crippen molar-refractivity contribution in [2.45, 2.75) is 0 Å². The third-order valence-electron chi connectivity index (χ3n) is 3.14. The average Bonchev–Trinajstić information content (AvgIpc) is 2.56. The van der Waals surface area contributed by atoms with Gasteiger partial charge in [-0.05, 0) is 34.1 Å². The number of para-hydroxylation sites is 1. The van der Waals surface area contributed by atoms with E-state index in [2.05, 4.69) is 21.2 Å². The molecular weight excluding hydrogens is 386 g/mol. The van der Waals surface area contributed by atoms with E-state index in [1.54, 1.807) is 30.3 Å². The molecule has 5 nitrogen and oxygen atoms in total. The molecule has 0 heterocycles. The molecule has 1 N–H and O–H groups in total. The lowest BCUT2D eigenvalue weighted by Crippen LogP contribution is -2.14. The maximum Gasteiger partial charge on any atom is 0.257 e. The number of benzene rings is 2. The summed E-state index contributed by atoms with van der Waals surface area (Å²) in [4.78, 5) is 12.6. The lowest BCUT2D eigenvalue weighted by atomic mass is 10.1. The number of anilines is 1. The van der Waals surface area contributed by atoms with E-state index in [-0.39, 0.29) is 5.91 Å². The Bertz CT molecular complexity index is 736. The number of halogens is 2. The number of methoxy groups -OCH3 is 3. The molecule has 2 aromatic rings. The number of ether oxygens (including phenoxy) is 3. The molecule has 0 spiro atoms. The standard InChI is InChI=1S/C16H15BrClNO4/c1-21-12-8-9(13(17)15(23-3)14(12)22-2)16(20)19-11-7-5-4-6-10(11)18/h4-8H,1-3H3,(H,19,20). The number of hydrogen-bond donors (Lipinski definition) is 1. The Balaban J connectivity index is 2.46. The van der Waals surface area contributed by atoms with Gasteiger partial charge in [0, 0.05) is 0 Å². The zero-order chi connectivity index (χ0) is 17.0. The SMILES string of the molecule is COc1cc(C(=O)Nc2ccccc2Cl)c(Br)c(OC)c1OC. The van der Waals surface area contributed by atoms with Gasteiger partial charge in [-0.15, -0.1) is 0 Å². The van der Waals surface area contributed by atoms with E-state index in [1.807, 2.05) is 0 Å². The number of carbonyl (C=O) groups is 1. The fourth-order valence-corrected chi connectivity index (χ4v) is 2.86. The molecule has 2 aromatic carbocycles. The Morgan fingerprint density at radius 3 is 2.30 bits per heavy atom. The fraction of sp³-hybridized carbons (Fsp3) is 0.188. The van der Waals surface area contributed by atoms with Gasteiger partial charge in [0.05, 0.1) is 42.1 Å². The van der Waals surface area contributed by atoms with E-state index in [9.17, 15) is 4.79 Å². The summed E-state index contributed by atoms with van der Waals surface area (Å²) in [6.45, 7) is 0. The third kappa shape index (κ3) is 3.54.